The number of benzene rings is 2. The fourth-order valence-electron chi connectivity index (χ4n) is 3.35. The highest BCUT2D eigenvalue weighted by Gasteiger charge is 2.21. The lowest BCUT2D eigenvalue weighted by molar-refractivity contribution is -0.120. The van der Waals surface area contributed by atoms with Crippen molar-refractivity contribution >= 4 is 48.5 Å². The monoisotopic (exact) mass is 489 g/mol. The second kappa shape index (κ2) is 10.3. The van der Waals surface area contributed by atoms with Crippen LogP contribution in [0.5, 0.6) is 5.75 Å². The predicted molar refractivity (Wildman–Crippen MR) is 123 cm³/mol. The van der Waals surface area contributed by atoms with Gasteiger partial charge in [-0.3, -0.25) is 14.6 Å². The number of hydrogen-bond acceptors (Lipinski definition) is 6. The maximum atomic E-state index is 13.1. The molecule has 0 spiro atoms. The van der Waals surface area contributed by atoms with Crippen molar-refractivity contribution in [1.29, 1.82) is 0 Å². The molecule has 1 aromatic heterocycles. The predicted octanol–water partition coefficient (Wildman–Crippen LogP) is 4.19. The minimum Gasteiger partial charge on any atom is -0.484 e. The van der Waals surface area contributed by atoms with Gasteiger partial charge in [-0.1, -0.05) is 45.5 Å². The molecule has 0 bridgehead atoms. The number of para-hydroxylation sites is 1. The van der Waals surface area contributed by atoms with Crippen LogP contribution >= 0.6 is 27.3 Å². The molecule has 0 N–H and O–H groups in total. The summed E-state index contributed by atoms with van der Waals surface area (Å²) in [4.78, 5) is 21.9. The molecule has 6 nitrogen and oxygen atoms in total. The molecule has 0 saturated carbocycles. The lowest BCUT2D eigenvalue weighted by Crippen LogP contribution is -2.40. The van der Waals surface area contributed by atoms with Crippen LogP contribution in [0.3, 0.4) is 0 Å². The van der Waals surface area contributed by atoms with E-state index in [1.165, 1.54) is 11.3 Å². The number of rotatable bonds is 8. The van der Waals surface area contributed by atoms with Gasteiger partial charge in [-0.05, 0) is 36.8 Å². The molecule has 8 heteroatoms. The van der Waals surface area contributed by atoms with Crippen molar-refractivity contribution in [2.24, 2.45) is 0 Å². The van der Waals surface area contributed by atoms with Crippen molar-refractivity contribution in [2.45, 2.75) is 6.42 Å². The summed E-state index contributed by atoms with van der Waals surface area (Å²) in [5, 5.41) is 0.715. The highest BCUT2D eigenvalue weighted by Crippen LogP contribution is 2.31. The Morgan fingerprint density at radius 2 is 2.00 bits per heavy atom. The minimum absolute atomic E-state index is 0.0127. The Bertz CT molecular complexity index is 976. The SMILES string of the molecule is O=C(COc1ccccc1)N(CCCN1CCOCC1)c1nc2ccc(Br)cc2s1. The summed E-state index contributed by atoms with van der Waals surface area (Å²) in [5.74, 6) is 0.603. The van der Waals surface area contributed by atoms with Crippen LogP contribution in [0.4, 0.5) is 5.13 Å². The zero-order valence-electron chi connectivity index (χ0n) is 16.6. The Morgan fingerprint density at radius 1 is 1.20 bits per heavy atom. The zero-order chi connectivity index (χ0) is 20.8. The number of halogens is 1. The number of thiazole rings is 1. The molecule has 2 aromatic carbocycles. The van der Waals surface area contributed by atoms with Gasteiger partial charge in [0.05, 0.1) is 23.4 Å². The molecular weight excluding hydrogens is 466 g/mol. The fraction of sp³-hybridized carbons (Fsp3) is 0.364. The van der Waals surface area contributed by atoms with Gasteiger partial charge in [0.25, 0.3) is 5.91 Å². The number of morpholine rings is 1. The van der Waals surface area contributed by atoms with E-state index in [0.717, 1.165) is 54.0 Å². The smallest absolute Gasteiger partial charge is 0.266 e. The Kier molecular flexibility index (Phi) is 7.33. The average molecular weight is 490 g/mol. The summed E-state index contributed by atoms with van der Waals surface area (Å²) in [7, 11) is 0. The third-order valence-corrected chi connectivity index (χ3v) is 6.47. The second-order valence-electron chi connectivity index (χ2n) is 7.06. The Labute approximate surface area is 188 Å². The van der Waals surface area contributed by atoms with Crippen LogP contribution in [0.2, 0.25) is 0 Å². The molecule has 30 heavy (non-hydrogen) atoms. The molecule has 0 atom stereocenters. The van der Waals surface area contributed by atoms with Crippen molar-refractivity contribution in [3.63, 3.8) is 0 Å². The molecule has 0 radical (unpaired) electrons. The highest BCUT2D eigenvalue weighted by molar-refractivity contribution is 9.10. The van der Waals surface area contributed by atoms with Crippen LogP contribution in [-0.2, 0) is 9.53 Å². The summed E-state index contributed by atoms with van der Waals surface area (Å²) in [6.45, 7) is 4.97. The normalized spacial score (nSPS) is 14.7. The Morgan fingerprint density at radius 3 is 2.80 bits per heavy atom. The average Bonchev–Trinajstić information content (AvgIpc) is 3.19. The van der Waals surface area contributed by atoms with E-state index in [-0.39, 0.29) is 12.5 Å². The number of ether oxygens (including phenoxy) is 2. The van der Waals surface area contributed by atoms with Crippen LogP contribution in [-0.4, -0.2) is 61.8 Å². The van der Waals surface area contributed by atoms with Crippen LogP contribution < -0.4 is 9.64 Å². The van der Waals surface area contributed by atoms with Gasteiger partial charge in [-0.25, -0.2) is 4.98 Å². The third-order valence-electron chi connectivity index (χ3n) is 4.94. The first-order valence-corrected chi connectivity index (χ1v) is 11.6. The van der Waals surface area contributed by atoms with E-state index in [1.54, 1.807) is 4.90 Å². The maximum Gasteiger partial charge on any atom is 0.266 e. The largest absolute Gasteiger partial charge is 0.484 e. The second-order valence-corrected chi connectivity index (χ2v) is 8.99. The fourth-order valence-corrected chi connectivity index (χ4v) is 4.91. The maximum absolute atomic E-state index is 13.1. The quantitative estimate of drug-likeness (QED) is 0.474. The molecular formula is C22H24BrN3O3S. The van der Waals surface area contributed by atoms with E-state index in [1.807, 2.05) is 48.5 Å². The molecule has 4 rings (SSSR count). The van der Waals surface area contributed by atoms with Gasteiger partial charge in [0.2, 0.25) is 0 Å². The minimum atomic E-state index is -0.0843. The molecule has 1 aliphatic rings. The number of carbonyl (C=O) groups is 1. The van der Waals surface area contributed by atoms with Crippen molar-refractivity contribution < 1.29 is 14.3 Å². The van der Waals surface area contributed by atoms with Crippen LogP contribution in [0.1, 0.15) is 6.42 Å². The zero-order valence-corrected chi connectivity index (χ0v) is 19.0. The van der Waals surface area contributed by atoms with E-state index < -0.39 is 0 Å². The highest BCUT2D eigenvalue weighted by atomic mass is 79.9. The summed E-state index contributed by atoms with van der Waals surface area (Å²) >= 11 is 5.04. The van der Waals surface area contributed by atoms with E-state index in [4.69, 9.17) is 14.5 Å². The number of amides is 1. The summed E-state index contributed by atoms with van der Waals surface area (Å²) in [6, 6.07) is 15.4. The van der Waals surface area contributed by atoms with Gasteiger partial charge in [-0.2, -0.15) is 0 Å². The van der Waals surface area contributed by atoms with Crippen molar-refractivity contribution in [1.82, 2.24) is 9.88 Å². The molecule has 1 saturated heterocycles. The number of anilines is 1. The number of fused-ring (bicyclic) bond motifs is 1. The van der Waals surface area contributed by atoms with Gasteiger partial charge in [-0.15, -0.1) is 0 Å². The number of carbonyl (C=O) groups excluding carboxylic acids is 1. The molecule has 1 fully saturated rings. The first-order chi connectivity index (χ1) is 14.7. The van der Waals surface area contributed by atoms with Crippen LogP contribution in [0, 0.1) is 0 Å². The van der Waals surface area contributed by atoms with Crippen molar-refractivity contribution in [2.75, 3.05) is 50.9 Å². The summed E-state index contributed by atoms with van der Waals surface area (Å²) in [5.41, 5.74) is 0.896. The first kappa shape index (κ1) is 21.2. The van der Waals surface area contributed by atoms with E-state index >= 15 is 0 Å². The summed E-state index contributed by atoms with van der Waals surface area (Å²) in [6.07, 6.45) is 0.872. The molecule has 1 aliphatic heterocycles. The first-order valence-electron chi connectivity index (χ1n) is 10.0. The molecule has 158 valence electrons. The molecule has 1 amide bonds. The Hall–Kier alpha value is -2.00. The van der Waals surface area contributed by atoms with Gasteiger partial charge < -0.3 is 9.47 Å². The lowest BCUT2D eigenvalue weighted by Gasteiger charge is -2.27. The van der Waals surface area contributed by atoms with Crippen LogP contribution in [0.15, 0.2) is 53.0 Å². The van der Waals surface area contributed by atoms with E-state index in [2.05, 4.69) is 20.8 Å². The third kappa shape index (κ3) is 5.57. The van der Waals surface area contributed by atoms with Gasteiger partial charge >= 0.3 is 0 Å². The molecule has 0 aliphatic carbocycles. The van der Waals surface area contributed by atoms with Crippen LogP contribution in [0.25, 0.3) is 10.2 Å². The number of aromatic nitrogens is 1. The van der Waals surface area contributed by atoms with Gasteiger partial charge in [0.1, 0.15) is 5.75 Å². The Balaban J connectivity index is 1.46. The topological polar surface area (TPSA) is 54.9 Å². The van der Waals surface area contributed by atoms with E-state index in [9.17, 15) is 4.79 Å². The standard InChI is InChI=1S/C22H24BrN3O3S/c23-17-7-8-19-20(15-17)30-22(24-19)26(10-4-9-25-11-13-28-14-12-25)21(27)16-29-18-5-2-1-3-6-18/h1-3,5-8,15H,4,9-14,16H2. The number of hydrogen-bond donors (Lipinski definition) is 0. The van der Waals surface area contributed by atoms with E-state index in [0.29, 0.717) is 17.4 Å². The molecule has 2 heterocycles. The van der Waals surface area contributed by atoms with Crippen molar-refractivity contribution in [3.8, 4) is 5.75 Å². The van der Waals surface area contributed by atoms with Gasteiger partial charge in [0, 0.05) is 30.7 Å². The lowest BCUT2D eigenvalue weighted by atomic mass is 10.3. The van der Waals surface area contributed by atoms with Crippen molar-refractivity contribution in [3.05, 3.63) is 53.0 Å². The van der Waals surface area contributed by atoms with Gasteiger partial charge in [0.15, 0.2) is 11.7 Å². The molecule has 0 unspecified atom stereocenters. The molecule has 3 aromatic rings. The summed E-state index contributed by atoms with van der Waals surface area (Å²) < 4.78 is 13.2. The number of nitrogens with zero attached hydrogens (tertiary/aromatic N) is 3.